The Labute approximate surface area is 121 Å². The molecule has 1 fully saturated rings. The van der Waals surface area contributed by atoms with E-state index in [9.17, 15) is 4.79 Å². The Morgan fingerprint density at radius 1 is 1.30 bits per heavy atom. The van der Waals surface area contributed by atoms with Crippen molar-refractivity contribution in [1.82, 2.24) is 0 Å². The molecule has 20 heavy (non-hydrogen) atoms. The second-order valence-electron chi connectivity index (χ2n) is 6.07. The zero-order valence-corrected chi connectivity index (χ0v) is 12.5. The molecule has 108 valence electrons. The molecule has 0 heterocycles. The molecule has 0 saturated heterocycles. The lowest BCUT2D eigenvalue weighted by molar-refractivity contribution is -0.140. The molecule has 0 aromatic heterocycles. The van der Waals surface area contributed by atoms with Gasteiger partial charge in [-0.05, 0) is 43.1 Å². The molecule has 0 spiro atoms. The van der Waals surface area contributed by atoms with Gasteiger partial charge in [0, 0.05) is 5.57 Å². The molecule has 0 aliphatic heterocycles. The Balaban J connectivity index is 2.05. The third-order valence-corrected chi connectivity index (χ3v) is 4.26. The first kappa shape index (κ1) is 14.8. The molecule has 2 rings (SSSR count). The number of benzene rings is 1. The van der Waals surface area contributed by atoms with Crippen LogP contribution in [0, 0.1) is 11.8 Å². The van der Waals surface area contributed by atoms with Gasteiger partial charge in [-0.3, -0.25) is 0 Å². The maximum Gasteiger partial charge on any atom is 0.333 e. The Kier molecular flexibility index (Phi) is 4.99. The van der Waals surface area contributed by atoms with Gasteiger partial charge in [0.25, 0.3) is 0 Å². The fraction of sp³-hybridized carbons (Fsp3) is 0.500. The van der Waals surface area contributed by atoms with Crippen molar-refractivity contribution < 1.29 is 9.53 Å². The summed E-state index contributed by atoms with van der Waals surface area (Å²) in [5, 5.41) is 0. The second-order valence-corrected chi connectivity index (χ2v) is 6.07. The fourth-order valence-electron chi connectivity index (χ4n) is 3.06. The normalized spacial score (nSPS) is 26.0. The first-order chi connectivity index (χ1) is 9.58. The van der Waals surface area contributed by atoms with Crippen LogP contribution in [0.2, 0.25) is 0 Å². The van der Waals surface area contributed by atoms with E-state index >= 15 is 0 Å². The van der Waals surface area contributed by atoms with E-state index in [-0.39, 0.29) is 5.97 Å². The van der Waals surface area contributed by atoms with Gasteiger partial charge in [-0.15, -0.1) is 0 Å². The van der Waals surface area contributed by atoms with E-state index in [2.05, 4.69) is 37.8 Å². The van der Waals surface area contributed by atoms with Crippen molar-refractivity contribution in [3.05, 3.63) is 48.0 Å². The van der Waals surface area contributed by atoms with Crippen LogP contribution in [0.1, 0.15) is 44.6 Å². The first-order valence-electron chi connectivity index (χ1n) is 7.45. The molecule has 0 N–H and O–H groups in total. The van der Waals surface area contributed by atoms with Gasteiger partial charge in [-0.1, -0.05) is 50.3 Å². The summed E-state index contributed by atoms with van der Waals surface area (Å²) in [5.74, 6) is 1.40. The van der Waals surface area contributed by atoms with Crippen LogP contribution in [-0.2, 0) is 9.53 Å². The lowest BCUT2D eigenvalue weighted by atomic mass is 9.72. The zero-order valence-electron chi connectivity index (χ0n) is 12.5. The van der Waals surface area contributed by atoms with E-state index in [1.807, 2.05) is 6.07 Å². The molecular formula is C18H24O2. The lowest BCUT2D eigenvalue weighted by Gasteiger charge is -2.35. The van der Waals surface area contributed by atoms with Crippen LogP contribution in [0.5, 0.6) is 0 Å². The highest BCUT2D eigenvalue weighted by atomic mass is 16.5. The molecule has 1 aliphatic carbocycles. The monoisotopic (exact) mass is 272 g/mol. The Hall–Kier alpha value is -1.57. The van der Waals surface area contributed by atoms with Gasteiger partial charge in [0.1, 0.15) is 0 Å². The molecule has 3 unspecified atom stereocenters. The van der Waals surface area contributed by atoms with Crippen LogP contribution in [-0.4, -0.2) is 12.6 Å². The third-order valence-electron chi connectivity index (χ3n) is 4.26. The van der Waals surface area contributed by atoms with E-state index < -0.39 is 0 Å². The van der Waals surface area contributed by atoms with Gasteiger partial charge in [-0.2, -0.15) is 0 Å². The summed E-state index contributed by atoms with van der Waals surface area (Å²) in [6.45, 7) is 8.15. The second kappa shape index (κ2) is 6.74. The summed E-state index contributed by atoms with van der Waals surface area (Å²) >= 11 is 0. The molecule has 0 radical (unpaired) electrons. The predicted octanol–water partition coefficient (Wildman–Crippen LogP) is 4.33. The third kappa shape index (κ3) is 3.72. The van der Waals surface area contributed by atoms with Gasteiger partial charge in [-0.25, -0.2) is 4.79 Å². The predicted molar refractivity (Wildman–Crippen MR) is 81.5 cm³/mol. The van der Waals surface area contributed by atoms with Crippen LogP contribution in [0.4, 0.5) is 0 Å². The van der Waals surface area contributed by atoms with Crippen molar-refractivity contribution in [3.8, 4) is 0 Å². The smallest absolute Gasteiger partial charge is 0.333 e. The minimum atomic E-state index is -0.268. The molecular weight excluding hydrogens is 248 g/mol. The zero-order chi connectivity index (χ0) is 14.5. The summed E-state index contributed by atoms with van der Waals surface area (Å²) in [5.41, 5.74) is 1.85. The summed E-state index contributed by atoms with van der Waals surface area (Å²) in [4.78, 5) is 11.6. The lowest BCUT2D eigenvalue weighted by Crippen LogP contribution is -2.27. The van der Waals surface area contributed by atoms with Crippen LogP contribution in [0.3, 0.4) is 0 Å². The highest BCUT2D eigenvalue weighted by molar-refractivity contribution is 5.86. The summed E-state index contributed by atoms with van der Waals surface area (Å²) in [7, 11) is 0. The fourth-order valence-corrected chi connectivity index (χ4v) is 3.06. The van der Waals surface area contributed by atoms with Gasteiger partial charge in [0.15, 0.2) is 0 Å². The van der Waals surface area contributed by atoms with Crippen molar-refractivity contribution in [2.75, 3.05) is 6.61 Å². The van der Waals surface area contributed by atoms with Crippen molar-refractivity contribution in [3.63, 3.8) is 0 Å². The van der Waals surface area contributed by atoms with E-state index in [4.69, 9.17) is 4.74 Å². The number of ether oxygens (including phenoxy) is 1. The standard InChI is InChI=1S/C18H24O2/c1-13(2)18(19)20-12-16-10-9-14(3)11-17(16)15-7-5-4-6-8-15/h4-8,14,16-17H,1,9-12H2,2-3H3. The molecule has 1 aromatic rings. The van der Waals surface area contributed by atoms with E-state index in [1.54, 1.807) is 6.92 Å². The summed E-state index contributed by atoms with van der Waals surface area (Å²) < 4.78 is 5.39. The number of hydrogen-bond donors (Lipinski definition) is 0. The van der Waals surface area contributed by atoms with E-state index in [0.29, 0.717) is 24.0 Å². The molecule has 3 atom stereocenters. The SMILES string of the molecule is C=C(C)C(=O)OCC1CCC(C)CC1c1ccccc1. The number of hydrogen-bond acceptors (Lipinski definition) is 2. The van der Waals surface area contributed by atoms with Crippen molar-refractivity contribution in [1.29, 1.82) is 0 Å². The average molecular weight is 272 g/mol. The van der Waals surface area contributed by atoms with Gasteiger partial charge >= 0.3 is 5.97 Å². The number of carbonyl (C=O) groups excluding carboxylic acids is 1. The van der Waals surface area contributed by atoms with Gasteiger partial charge < -0.3 is 4.74 Å². The van der Waals surface area contributed by atoms with Crippen molar-refractivity contribution in [2.45, 2.75) is 39.0 Å². The summed E-state index contributed by atoms with van der Waals surface area (Å²) in [6, 6.07) is 10.6. The quantitative estimate of drug-likeness (QED) is 0.602. The summed E-state index contributed by atoms with van der Waals surface area (Å²) in [6.07, 6.45) is 3.53. The highest BCUT2D eigenvalue weighted by Crippen LogP contribution is 2.40. The number of rotatable bonds is 4. The Bertz CT molecular complexity index is 464. The van der Waals surface area contributed by atoms with Crippen molar-refractivity contribution in [2.24, 2.45) is 11.8 Å². The highest BCUT2D eigenvalue weighted by Gasteiger charge is 2.30. The topological polar surface area (TPSA) is 26.3 Å². The van der Waals surface area contributed by atoms with Crippen molar-refractivity contribution >= 4 is 5.97 Å². The van der Waals surface area contributed by atoms with Crippen LogP contribution >= 0.6 is 0 Å². The molecule has 2 nitrogen and oxygen atoms in total. The van der Waals surface area contributed by atoms with Gasteiger partial charge in [0.2, 0.25) is 0 Å². The minimum Gasteiger partial charge on any atom is -0.462 e. The Morgan fingerprint density at radius 3 is 2.65 bits per heavy atom. The molecule has 1 aliphatic rings. The number of carbonyl (C=O) groups is 1. The molecule has 2 heteroatoms. The van der Waals surface area contributed by atoms with Crippen LogP contribution < -0.4 is 0 Å². The number of esters is 1. The molecule has 1 saturated carbocycles. The molecule has 1 aromatic carbocycles. The first-order valence-corrected chi connectivity index (χ1v) is 7.45. The molecule has 0 bridgehead atoms. The molecule has 0 amide bonds. The average Bonchev–Trinajstić information content (AvgIpc) is 2.46. The van der Waals surface area contributed by atoms with E-state index in [0.717, 1.165) is 12.3 Å². The van der Waals surface area contributed by atoms with Crippen LogP contribution in [0.15, 0.2) is 42.5 Å². The van der Waals surface area contributed by atoms with Gasteiger partial charge in [0.05, 0.1) is 6.61 Å². The maximum atomic E-state index is 11.6. The minimum absolute atomic E-state index is 0.268. The van der Waals surface area contributed by atoms with E-state index in [1.165, 1.54) is 18.4 Å². The largest absolute Gasteiger partial charge is 0.462 e. The Morgan fingerprint density at radius 2 is 2.00 bits per heavy atom. The maximum absolute atomic E-state index is 11.6. The van der Waals surface area contributed by atoms with Crippen LogP contribution in [0.25, 0.3) is 0 Å².